The van der Waals surface area contributed by atoms with E-state index in [1.165, 1.54) is 18.2 Å². The normalized spacial score (nSPS) is 11.2. The number of aryl methyl sites for hydroxylation is 2. The predicted octanol–water partition coefficient (Wildman–Crippen LogP) is 3.58. The van der Waals surface area contributed by atoms with Crippen molar-refractivity contribution in [2.24, 2.45) is 0 Å². The lowest BCUT2D eigenvalue weighted by Crippen LogP contribution is -2.09. The van der Waals surface area contributed by atoms with Gasteiger partial charge in [-0.15, -0.1) is 0 Å². The minimum Gasteiger partial charge on any atom is -0.453 e. The third kappa shape index (κ3) is 2.35. The van der Waals surface area contributed by atoms with Gasteiger partial charge in [0.05, 0.1) is 5.69 Å². The Morgan fingerprint density at radius 1 is 1.29 bits per heavy atom. The second-order valence-corrected chi connectivity index (χ2v) is 4.81. The highest BCUT2D eigenvalue weighted by Gasteiger charge is 2.20. The number of hydrogen-bond donors (Lipinski definition) is 0. The Balaban J connectivity index is 2.05. The quantitative estimate of drug-likeness (QED) is 0.689. The molecule has 0 N–H and O–H groups in total. The molecule has 3 rings (SSSR count). The highest BCUT2D eigenvalue weighted by Crippen LogP contribution is 2.22. The number of aromatic nitrogens is 2. The van der Waals surface area contributed by atoms with Crippen LogP contribution in [0.1, 0.15) is 35.8 Å². The number of rotatable bonds is 4. The van der Waals surface area contributed by atoms with Gasteiger partial charge in [0, 0.05) is 11.9 Å². The van der Waals surface area contributed by atoms with Crippen LogP contribution in [-0.2, 0) is 13.0 Å². The zero-order chi connectivity index (χ0) is 15.0. The molecule has 2 aromatic heterocycles. The van der Waals surface area contributed by atoms with Crippen LogP contribution >= 0.6 is 0 Å². The third-order valence-corrected chi connectivity index (χ3v) is 3.43. The van der Waals surface area contributed by atoms with Crippen molar-refractivity contribution in [2.75, 3.05) is 0 Å². The highest BCUT2D eigenvalue weighted by atomic mass is 19.1. The lowest BCUT2D eigenvalue weighted by atomic mass is 10.2. The molecule has 0 saturated heterocycles. The summed E-state index contributed by atoms with van der Waals surface area (Å²) in [5.74, 6) is -0.386. The molecule has 4 nitrogen and oxygen atoms in total. The van der Waals surface area contributed by atoms with Gasteiger partial charge in [-0.2, -0.15) is 5.10 Å². The number of fused-ring (bicyclic) bond motifs is 1. The maximum absolute atomic E-state index is 13.2. The molecule has 0 atom stereocenters. The molecule has 0 saturated carbocycles. The van der Waals surface area contributed by atoms with Gasteiger partial charge in [-0.05, 0) is 43.7 Å². The number of nitrogens with zero attached hydrogens (tertiary/aromatic N) is 2. The van der Waals surface area contributed by atoms with Crippen molar-refractivity contribution in [3.8, 4) is 0 Å². The summed E-state index contributed by atoms with van der Waals surface area (Å²) in [5.41, 5.74) is 1.86. The van der Waals surface area contributed by atoms with Crippen LogP contribution in [0.4, 0.5) is 4.39 Å². The summed E-state index contributed by atoms with van der Waals surface area (Å²) in [6.45, 7) is 4.52. The molecule has 0 amide bonds. The Kier molecular flexibility index (Phi) is 3.33. The van der Waals surface area contributed by atoms with E-state index >= 15 is 0 Å². The number of furan rings is 1. The van der Waals surface area contributed by atoms with Gasteiger partial charge < -0.3 is 4.42 Å². The lowest BCUT2D eigenvalue weighted by Gasteiger charge is -2.00. The first-order valence-electron chi connectivity index (χ1n) is 6.93. The number of carbonyl (C=O) groups is 1. The first-order chi connectivity index (χ1) is 10.1. The molecular formula is C16H15FN2O2. The van der Waals surface area contributed by atoms with E-state index in [0.29, 0.717) is 23.2 Å². The SMILES string of the molecule is CCc1cc(C(=O)c2cc3cc(F)ccc3o2)n(CC)n1. The topological polar surface area (TPSA) is 48.0 Å². The molecule has 0 aliphatic rings. The summed E-state index contributed by atoms with van der Waals surface area (Å²) in [7, 11) is 0. The number of ketones is 1. The van der Waals surface area contributed by atoms with E-state index in [1.54, 1.807) is 16.8 Å². The molecule has 0 aliphatic carbocycles. The number of halogens is 1. The first kappa shape index (κ1) is 13.5. The van der Waals surface area contributed by atoms with Crippen molar-refractivity contribution in [1.29, 1.82) is 0 Å². The van der Waals surface area contributed by atoms with Crippen molar-refractivity contribution >= 4 is 16.8 Å². The second kappa shape index (κ2) is 5.16. The Hall–Kier alpha value is -2.43. The third-order valence-electron chi connectivity index (χ3n) is 3.43. The van der Waals surface area contributed by atoms with Crippen LogP contribution in [0, 0.1) is 5.82 Å². The summed E-state index contributed by atoms with van der Waals surface area (Å²) >= 11 is 0. The monoisotopic (exact) mass is 286 g/mol. The van der Waals surface area contributed by atoms with Crippen molar-refractivity contribution in [3.05, 3.63) is 53.3 Å². The van der Waals surface area contributed by atoms with Gasteiger partial charge in [0.2, 0.25) is 5.78 Å². The van der Waals surface area contributed by atoms with Crippen LogP contribution in [0.15, 0.2) is 34.7 Å². The number of hydrogen-bond acceptors (Lipinski definition) is 3. The fourth-order valence-corrected chi connectivity index (χ4v) is 2.32. The standard InChI is InChI=1S/C16H15FN2O2/c1-3-12-9-13(19(4-2)18-12)16(20)15-8-10-7-11(17)5-6-14(10)21-15/h5-9H,3-4H2,1-2H3. The molecule has 0 unspecified atom stereocenters. The van der Waals surface area contributed by atoms with Crippen molar-refractivity contribution in [2.45, 2.75) is 26.8 Å². The molecule has 21 heavy (non-hydrogen) atoms. The highest BCUT2D eigenvalue weighted by molar-refractivity contribution is 6.08. The van der Waals surface area contributed by atoms with E-state index in [9.17, 15) is 9.18 Å². The molecule has 0 fully saturated rings. The molecule has 108 valence electrons. The molecule has 0 radical (unpaired) electrons. The Morgan fingerprint density at radius 3 is 2.81 bits per heavy atom. The Bertz CT molecular complexity index is 817. The largest absolute Gasteiger partial charge is 0.453 e. The molecular weight excluding hydrogens is 271 g/mol. The molecule has 5 heteroatoms. The molecule has 1 aromatic carbocycles. The second-order valence-electron chi connectivity index (χ2n) is 4.81. The number of benzene rings is 1. The Morgan fingerprint density at radius 2 is 2.10 bits per heavy atom. The van der Waals surface area contributed by atoms with Crippen LogP contribution in [-0.4, -0.2) is 15.6 Å². The molecule has 2 heterocycles. The van der Waals surface area contributed by atoms with Crippen LogP contribution < -0.4 is 0 Å². The fourth-order valence-electron chi connectivity index (χ4n) is 2.32. The minimum atomic E-state index is -0.353. The Labute approximate surface area is 121 Å². The van der Waals surface area contributed by atoms with Gasteiger partial charge in [0.15, 0.2) is 5.76 Å². The maximum atomic E-state index is 13.2. The van der Waals surface area contributed by atoms with E-state index in [0.717, 1.165) is 12.1 Å². The van der Waals surface area contributed by atoms with Gasteiger partial charge in [-0.1, -0.05) is 6.92 Å². The zero-order valence-electron chi connectivity index (χ0n) is 11.9. The van der Waals surface area contributed by atoms with Gasteiger partial charge in [-0.25, -0.2) is 4.39 Å². The molecule has 0 bridgehead atoms. The molecule has 3 aromatic rings. The number of carbonyl (C=O) groups excluding carboxylic acids is 1. The average Bonchev–Trinajstić information content (AvgIpc) is 3.09. The van der Waals surface area contributed by atoms with E-state index in [1.807, 2.05) is 13.8 Å². The average molecular weight is 286 g/mol. The summed E-state index contributed by atoms with van der Waals surface area (Å²) in [5, 5.41) is 4.94. The van der Waals surface area contributed by atoms with Gasteiger partial charge in [0.1, 0.15) is 17.1 Å². The van der Waals surface area contributed by atoms with Crippen LogP contribution in [0.2, 0.25) is 0 Å². The van der Waals surface area contributed by atoms with Crippen LogP contribution in [0.25, 0.3) is 11.0 Å². The predicted molar refractivity (Wildman–Crippen MR) is 76.9 cm³/mol. The fraction of sp³-hybridized carbons (Fsp3) is 0.250. The van der Waals surface area contributed by atoms with Crippen molar-refractivity contribution in [3.63, 3.8) is 0 Å². The van der Waals surface area contributed by atoms with Gasteiger partial charge in [0.25, 0.3) is 0 Å². The molecule has 0 aliphatic heterocycles. The molecule has 0 spiro atoms. The van der Waals surface area contributed by atoms with Crippen LogP contribution in [0.5, 0.6) is 0 Å². The van der Waals surface area contributed by atoms with Gasteiger partial charge in [-0.3, -0.25) is 9.48 Å². The maximum Gasteiger partial charge on any atom is 0.246 e. The van der Waals surface area contributed by atoms with E-state index in [2.05, 4.69) is 5.10 Å². The summed E-state index contributed by atoms with van der Waals surface area (Å²) in [4.78, 5) is 12.6. The van der Waals surface area contributed by atoms with E-state index in [-0.39, 0.29) is 17.4 Å². The van der Waals surface area contributed by atoms with Crippen molar-refractivity contribution in [1.82, 2.24) is 9.78 Å². The van der Waals surface area contributed by atoms with E-state index in [4.69, 9.17) is 4.42 Å². The zero-order valence-corrected chi connectivity index (χ0v) is 11.9. The summed E-state index contributed by atoms with van der Waals surface area (Å²) in [6.07, 6.45) is 0.763. The first-order valence-corrected chi connectivity index (χ1v) is 6.93. The van der Waals surface area contributed by atoms with Gasteiger partial charge >= 0.3 is 0 Å². The smallest absolute Gasteiger partial charge is 0.246 e. The minimum absolute atomic E-state index is 0.202. The van der Waals surface area contributed by atoms with E-state index < -0.39 is 0 Å². The summed E-state index contributed by atoms with van der Waals surface area (Å²) < 4.78 is 20.4. The van der Waals surface area contributed by atoms with Crippen molar-refractivity contribution < 1.29 is 13.6 Å². The summed E-state index contributed by atoms with van der Waals surface area (Å²) in [6, 6.07) is 7.53. The van der Waals surface area contributed by atoms with Crippen LogP contribution in [0.3, 0.4) is 0 Å². The lowest BCUT2D eigenvalue weighted by molar-refractivity contribution is 0.100.